The van der Waals surface area contributed by atoms with Crippen LogP contribution >= 0.6 is 0 Å². The second-order valence-corrected chi connectivity index (χ2v) is 5.18. The molecule has 0 aliphatic rings. The topological polar surface area (TPSA) is 64.3 Å². The number of rotatable bonds is 5. The lowest BCUT2D eigenvalue weighted by atomic mass is 10.1. The summed E-state index contributed by atoms with van der Waals surface area (Å²) in [7, 11) is 1.65. The summed E-state index contributed by atoms with van der Waals surface area (Å²) in [4.78, 5) is 10.7. The third-order valence-corrected chi connectivity index (χ3v) is 3.18. The zero-order valence-corrected chi connectivity index (χ0v) is 20.1. The predicted octanol–water partition coefficient (Wildman–Crippen LogP) is 6.83. The summed E-state index contributed by atoms with van der Waals surface area (Å²) >= 11 is 0. The zero-order chi connectivity index (χ0) is 23.1. The first-order valence-electron chi connectivity index (χ1n) is 10.8. The van der Waals surface area contributed by atoms with E-state index in [4.69, 9.17) is 10.5 Å². The van der Waals surface area contributed by atoms with Crippen molar-refractivity contribution < 1.29 is 9.53 Å². The molecule has 0 bridgehead atoms. The molecule has 0 unspecified atom stereocenters. The number of carbonyl (C=O) groups excluding carboxylic acids is 1. The van der Waals surface area contributed by atoms with E-state index in [0.717, 1.165) is 29.8 Å². The standard InChI is InChI=1S/C11H15NO.C8H11NO.3C2H6/c1-3-4-10-5-7-11(8-6-10)12-9(2)13;1-10-8-4-2-3-7(5-8)6-9;3*1-2/h5-8H,3-4H2,1-2H3,(H,12,13);2-5H,6,9H2,1H3;3*1-2H3. The fourth-order valence-corrected chi connectivity index (χ4v) is 2.05. The Labute approximate surface area is 179 Å². The van der Waals surface area contributed by atoms with Crippen molar-refractivity contribution in [3.05, 3.63) is 59.7 Å². The number of nitrogens with two attached hydrogens (primary N) is 1. The molecular formula is C25H44N2O2. The molecule has 3 N–H and O–H groups in total. The predicted molar refractivity (Wildman–Crippen MR) is 130 cm³/mol. The highest BCUT2D eigenvalue weighted by Crippen LogP contribution is 2.11. The van der Waals surface area contributed by atoms with Crippen molar-refractivity contribution in [1.29, 1.82) is 0 Å². The second kappa shape index (κ2) is 23.7. The molecule has 2 aromatic carbocycles. The molecule has 29 heavy (non-hydrogen) atoms. The van der Waals surface area contributed by atoms with Gasteiger partial charge in [-0.05, 0) is 41.8 Å². The third-order valence-electron chi connectivity index (χ3n) is 3.18. The van der Waals surface area contributed by atoms with Gasteiger partial charge in [-0.25, -0.2) is 0 Å². The Morgan fingerprint density at radius 1 is 0.931 bits per heavy atom. The molecular weight excluding hydrogens is 360 g/mol. The number of hydrogen-bond donors (Lipinski definition) is 2. The number of methoxy groups -OCH3 is 1. The van der Waals surface area contributed by atoms with Gasteiger partial charge in [-0.2, -0.15) is 0 Å². The maximum Gasteiger partial charge on any atom is 0.221 e. The molecule has 2 aromatic rings. The number of carbonyl (C=O) groups is 1. The second-order valence-electron chi connectivity index (χ2n) is 5.18. The number of aryl methyl sites for hydroxylation is 1. The minimum atomic E-state index is -0.0248. The fourth-order valence-electron chi connectivity index (χ4n) is 2.05. The van der Waals surface area contributed by atoms with E-state index in [0.29, 0.717) is 6.54 Å². The monoisotopic (exact) mass is 404 g/mol. The average Bonchev–Trinajstić information content (AvgIpc) is 2.79. The molecule has 0 saturated heterocycles. The summed E-state index contributed by atoms with van der Waals surface area (Å²) in [5.74, 6) is 0.839. The van der Waals surface area contributed by atoms with Gasteiger partial charge in [0.25, 0.3) is 0 Å². The minimum absolute atomic E-state index is 0.0248. The smallest absolute Gasteiger partial charge is 0.221 e. The van der Waals surface area contributed by atoms with Gasteiger partial charge in [-0.1, -0.05) is 79.2 Å². The summed E-state index contributed by atoms with van der Waals surface area (Å²) in [6, 6.07) is 15.7. The van der Waals surface area contributed by atoms with Crippen molar-refractivity contribution in [2.45, 2.75) is 74.8 Å². The van der Waals surface area contributed by atoms with E-state index in [9.17, 15) is 4.79 Å². The summed E-state index contributed by atoms with van der Waals surface area (Å²) in [5, 5.41) is 2.74. The number of nitrogens with one attached hydrogen (secondary N) is 1. The first-order valence-corrected chi connectivity index (χ1v) is 10.8. The Balaban J connectivity index is -0.000000377. The minimum Gasteiger partial charge on any atom is -0.497 e. The van der Waals surface area contributed by atoms with Gasteiger partial charge in [-0.15, -0.1) is 0 Å². The Kier molecular flexibility index (Phi) is 25.6. The molecule has 4 heteroatoms. The molecule has 0 aliphatic carbocycles. The Morgan fingerprint density at radius 3 is 1.90 bits per heavy atom. The van der Waals surface area contributed by atoms with Crippen LogP contribution in [-0.4, -0.2) is 13.0 Å². The van der Waals surface area contributed by atoms with Crippen LogP contribution in [0, 0.1) is 0 Å². The van der Waals surface area contributed by atoms with Gasteiger partial charge in [0, 0.05) is 19.2 Å². The van der Waals surface area contributed by atoms with E-state index < -0.39 is 0 Å². The van der Waals surface area contributed by atoms with Crippen molar-refractivity contribution in [2.24, 2.45) is 5.73 Å². The van der Waals surface area contributed by atoms with Gasteiger partial charge in [0.2, 0.25) is 5.91 Å². The quantitative estimate of drug-likeness (QED) is 0.574. The lowest BCUT2D eigenvalue weighted by molar-refractivity contribution is -0.114. The van der Waals surface area contributed by atoms with Gasteiger partial charge >= 0.3 is 0 Å². The van der Waals surface area contributed by atoms with Gasteiger partial charge in [0.15, 0.2) is 0 Å². The van der Waals surface area contributed by atoms with Crippen LogP contribution in [0.2, 0.25) is 0 Å². The van der Waals surface area contributed by atoms with E-state index >= 15 is 0 Å². The Morgan fingerprint density at radius 2 is 1.48 bits per heavy atom. The number of hydrogen-bond acceptors (Lipinski definition) is 3. The van der Waals surface area contributed by atoms with Crippen LogP contribution in [0.3, 0.4) is 0 Å². The average molecular weight is 405 g/mol. The number of benzene rings is 2. The van der Waals surface area contributed by atoms with Crippen LogP contribution < -0.4 is 15.8 Å². The molecule has 0 saturated carbocycles. The van der Waals surface area contributed by atoms with Crippen LogP contribution in [-0.2, 0) is 17.8 Å². The van der Waals surface area contributed by atoms with Gasteiger partial charge in [0.1, 0.15) is 5.75 Å². The van der Waals surface area contributed by atoms with E-state index in [1.807, 2.05) is 77.9 Å². The summed E-state index contributed by atoms with van der Waals surface area (Å²) in [5.41, 5.74) is 8.70. The van der Waals surface area contributed by atoms with Crippen LogP contribution in [0.5, 0.6) is 5.75 Å². The van der Waals surface area contributed by atoms with Crippen molar-refractivity contribution >= 4 is 11.6 Å². The van der Waals surface area contributed by atoms with Gasteiger partial charge < -0.3 is 15.8 Å². The van der Waals surface area contributed by atoms with Crippen LogP contribution in [0.15, 0.2) is 48.5 Å². The molecule has 2 rings (SSSR count). The molecule has 0 heterocycles. The first-order chi connectivity index (χ1) is 14.1. The Hall–Kier alpha value is -2.33. The maximum absolute atomic E-state index is 10.7. The van der Waals surface area contributed by atoms with Crippen molar-refractivity contribution in [3.63, 3.8) is 0 Å². The van der Waals surface area contributed by atoms with E-state index in [1.54, 1.807) is 7.11 Å². The van der Waals surface area contributed by atoms with Crippen molar-refractivity contribution in [1.82, 2.24) is 0 Å². The number of amides is 1. The molecule has 0 spiro atoms. The molecule has 0 radical (unpaired) electrons. The lowest BCUT2D eigenvalue weighted by Crippen LogP contribution is -2.05. The first kappa shape index (κ1) is 31.4. The van der Waals surface area contributed by atoms with Crippen LogP contribution in [0.25, 0.3) is 0 Å². The summed E-state index contributed by atoms with van der Waals surface area (Å²) in [6.07, 6.45) is 2.25. The molecule has 4 nitrogen and oxygen atoms in total. The maximum atomic E-state index is 10.7. The van der Waals surface area contributed by atoms with Crippen molar-refractivity contribution in [2.75, 3.05) is 12.4 Å². The molecule has 0 aromatic heterocycles. The lowest BCUT2D eigenvalue weighted by Gasteiger charge is -2.03. The fraction of sp³-hybridized carbons (Fsp3) is 0.480. The summed E-state index contributed by atoms with van der Waals surface area (Å²) in [6.45, 7) is 16.2. The molecule has 0 atom stereocenters. The van der Waals surface area contributed by atoms with E-state index in [-0.39, 0.29) is 5.91 Å². The Bertz CT molecular complexity index is 577. The number of ether oxygens (including phenoxy) is 1. The third kappa shape index (κ3) is 17.5. The highest BCUT2D eigenvalue weighted by Gasteiger charge is 1.95. The molecule has 166 valence electrons. The highest BCUT2D eigenvalue weighted by atomic mass is 16.5. The van der Waals surface area contributed by atoms with Crippen LogP contribution in [0.4, 0.5) is 5.69 Å². The number of anilines is 1. The normalized spacial score (nSPS) is 8.21. The summed E-state index contributed by atoms with van der Waals surface area (Å²) < 4.78 is 5.00. The van der Waals surface area contributed by atoms with E-state index in [1.165, 1.54) is 12.5 Å². The van der Waals surface area contributed by atoms with Gasteiger partial charge in [-0.3, -0.25) is 4.79 Å². The van der Waals surface area contributed by atoms with Crippen molar-refractivity contribution in [3.8, 4) is 5.75 Å². The molecule has 0 fully saturated rings. The van der Waals surface area contributed by atoms with E-state index in [2.05, 4.69) is 24.4 Å². The highest BCUT2D eigenvalue weighted by molar-refractivity contribution is 5.88. The van der Waals surface area contributed by atoms with Gasteiger partial charge in [0.05, 0.1) is 7.11 Å². The largest absolute Gasteiger partial charge is 0.497 e. The molecule has 0 aliphatic heterocycles. The van der Waals surface area contributed by atoms with Crippen LogP contribution in [0.1, 0.15) is 72.9 Å². The molecule has 1 amide bonds. The SMILES string of the molecule is CC.CC.CC.CCCc1ccc(NC(C)=O)cc1.COc1cccc(CN)c1. The zero-order valence-electron chi connectivity index (χ0n) is 20.1.